The van der Waals surface area contributed by atoms with Gasteiger partial charge in [0.15, 0.2) is 0 Å². The highest BCUT2D eigenvalue weighted by atomic mass is 32.2. The molecule has 0 unspecified atom stereocenters. The van der Waals surface area contributed by atoms with Crippen LogP contribution in [0.5, 0.6) is 5.75 Å². The Morgan fingerprint density at radius 1 is 1.13 bits per heavy atom. The van der Waals surface area contributed by atoms with E-state index in [1.54, 1.807) is 25.4 Å². The second kappa shape index (κ2) is 7.93. The fourth-order valence-corrected chi connectivity index (χ4v) is 4.31. The number of benzene rings is 2. The molecule has 0 fully saturated rings. The number of imidazole rings is 1. The molecule has 1 aromatic heterocycles. The Balaban J connectivity index is 1.74. The first-order valence-electron chi connectivity index (χ1n) is 9.56. The molecule has 0 bridgehead atoms. The standard InChI is InChI=1S/C23H23N3O3S/c1-16-20(9-11-26-12-10-25-15-26)23-14-18(29-2)5-8-21(23)22(16)13-17-3-6-19(7-4-17)30(24,27)28/h3-8,10,12-15H,9,11H2,1-2H3,(H2,24,27,28)/b22-13-. The van der Waals surface area contributed by atoms with Crippen molar-refractivity contribution in [2.45, 2.75) is 24.8 Å². The van der Waals surface area contributed by atoms with Gasteiger partial charge >= 0.3 is 0 Å². The highest BCUT2D eigenvalue weighted by Crippen LogP contribution is 2.45. The van der Waals surface area contributed by atoms with E-state index < -0.39 is 10.0 Å². The van der Waals surface area contributed by atoms with Crippen LogP contribution >= 0.6 is 0 Å². The van der Waals surface area contributed by atoms with Crippen LogP contribution in [0.1, 0.15) is 30.0 Å². The Labute approximate surface area is 176 Å². The molecule has 4 rings (SSSR count). The molecule has 2 aromatic carbocycles. The van der Waals surface area contributed by atoms with Gasteiger partial charge in [0.05, 0.1) is 18.3 Å². The van der Waals surface area contributed by atoms with Gasteiger partial charge in [-0.25, -0.2) is 18.5 Å². The van der Waals surface area contributed by atoms with Crippen LogP contribution < -0.4 is 9.88 Å². The number of primary sulfonamides is 1. The number of fused-ring (bicyclic) bond motifs is 1. The molecule has 154 valence electrons. The molecule has 2 N–H and O–H groups in total. The minimum Gasteiger partial charge on any atom is -0.497 e. The number of hydrogen-bond acceptors (Lipinski definition) is 4. The van der Waals surface area contributed by atoms with Crippen LogP contribution in [0.15, 0.2) is 71.7 Å². The van der Waals surface area contributed by atoms with E-state index in [-0.39, 0.29) is 4.90 Å². The lowest BCUT2D eigenvalue weighted by molar-refractivity contribution is 0.414. The lowest BCUT2D eigenvalue weighted by Gasteiger charge is -2.09. The minimum absolute atomic E-state index is 0.106. The largest absolute Gasteiger partial charge is 0.497 e. The molecule has 0 saturated heterocycles. The van der Waals surface area contributed by atoms with Crippen LogP contribution in [-0.2, 0) is 16.6 Å². The fourth-order valence-electron chi connectivity index (χ4n) is 3.79. The Kier molecular flexibility index (Phi) is 5.32. The third-order valence-electron chi connectivity index (χ3n) is 5.40. The van der Waals surface area contributed by atoms with Crippen molar-refractivity contribution in [1.82, 2.24) is 9.55 Å². The number of allylic oxidation sites excluding steroid dienone is 3. The van der Waals surface area contributed by atoms with E-state index in [1.165, 1.54) is 28.8 Å². The second-order valence-electron chi connectivity index (χ2n) is 7.24. The molecule has 1 aliphatic rings. The molecule has 3 aromatic rings. The number of hydrogen-bond donors (Lipinski definition) is 1. The summed E-state index contributed by atoms with van der Waals surface area (Å²) in [5.41, 5.74) is 6.81. The number of ether oxygens (including phenoxy) is 1. The number of rotatable bonds is 6. The van der Waals surface area contributed by atoms with Crippen molar-refractivity contribution < 1.29 is 13.2 Å². The predicted octanol–water partition coefficient (Wildman–Crippen LogP) is 3.96. The lowest BCUT2D eigenvalue weighted by atomic mass is 10.0. The molecule has 0 amide bonds. The number of methoxy groups -OCH3 is 1. The van der Waals surface area contributed by atoms with Crippen LogP contribution in [0.2, 0.25) is 0 Å². The van der Waals surface area contributed by atoms with Crippen molar-refractivity contribution in [3.8, 4) is 5.75 Å². The summed E-state index contributed by atoms with van der Waals surface area (Å²) in [5.74, 6) is 0.820. The molecule has 0 aliphatic heterocycles. The third kappa shape index (κ3) is 3.94. The molecule has 0 spiro atoms. The van der Waals surface area contributed by atoms with E-state index >= 15 is 0 Å². The van der Waals surface area contributed by atoms with Crippen molar-refractivity contribution in [3.05, 3.63) is 83.4 Å². The van der Waals surface area contributed by atoms with E-state index in [4.69, 9.17) is 9.88 Å². The summed E-state index contributed by atoms with van der Waals surface area (Å²) in [6.45, 7) is 2.96. The zero-order valence-electron chi connectivity index (χ0n) is 16.9. The van der Waals surface area contributed by atoms with Gasteiger partial charge in [-0.1, -0.05) is 18.2 Å². The summed E-state index contributed by atoms with van der Waals surface area (Å²) < 4.78 is 30.5. The van der Waals surface area contributed by atoms with Gasteiger partial charge in [0, 0.05) is 18.9 Å². The van der Waals surface area contributed by atoms with Gasteiger partial charge in [-0.3, -0.25) is 0 Å². The fraction of sp³-hybridized carbons (Fsp3) is 0.174. The maximum Gasteiger partial charge on any atom is 0.238 e. The maximum absolute atomic E-state index is 11.5. The zero-order valence-corrected chi connectivity index (χ0v) is 17.7. The summed E-state index contributed by atoms with van der Waals surface area (Å²) in [7, 11) is -2.03. The molecular formula is C23H23N3O3S. The summed E-state index contributed by atoms with van der Waals surface area (Å²) in [5, 5.41) is 5.21. The van der Waals surface area contributed by atoms with Crippen molar-refractivity contribution >= 4 is 27.2 Å². The van der Waals surface area contributed by atoms with E-state index in [2.05, 4.69) is 34.7 Å². The number of sulfonamides is 1. The van der Waals surface area contributed by atoms with E-state index in [0.29, 0.717) is 0 Å². The average Bonchev–Trinajstić information content (AvgIpc) is 3.33. The van der Waals surface area contributed by atoms with Crippen molar-refractivity contribution in [3.63, 3.8) is 0 Å². The van der Waals surface area contributed by atoms with Gasteiger partial charge in [0.25, 0.3) is 0 Å². The maximum atomic E-state index is 11.5. The molecule has 1 heterocycles. The smallest absolute Gasteiger partial charge is 0.238 e. The highest BCUT2D eigenvalue weighted by molar-refractivity contribution is 7.89. The quantitative estimate of drug-likeness (QED) is 0.653. The van der Waals surface area contributed by atoms with E-state index in [1.807, 2.05) is 18.6 Å². The van der Waals surface area contributed by atoms with Gasteiger partial charge in [0.1, 0.15) is 5.75 Å². The van der Waals surface area contributed by atoms with E-state index in [0.717, 1.165) is 35.4 Å². The van der Waals surface area contributed by atoms with Gasteiger partial charge in [-0.2, -0.15) is 0 Å². The number of aryl methyl sites for hydroxylation is 1. The van der Waals surface area contributed by atoms with Crippen LogP contribution in [-0.4, -0.2) is 25.1 Å². The molecule has 30 heavy (non-hydrogen) atoms. The first-order chi connectivity index (χ1) is 14.4. The molecule has 6 nitrogen and oxygen atoms in total. The van der Waals surface area contributed by atoms with Crippen molar-refractivity contribution in [2.75, 3.05) is 7.11 Å². The zero-order chi connectivity index (χ0) is 21.3. The Bertz CT molecular complexity index is 1240. The van der Waals surface area contributed by atoms with Gasteiger partial charge < -0.3 is 9.30 Å². The van der Waals surface area contributed by atoms with Gasteiger partial charge in [0.2, 0.25) is 10.0 Å². The predicted molar refractivity (Wildman–Crippen MR) is 118 cm³/mol. The molecule has 7 heteroatoms. The lowest BCUT2D eigenvalue weighted by Crippen LogP contribution is -2.11. The summed E-state index contributed by atoms with van der Waals surface area (Å²) >= 11 is 0. The first-order valence-corrected chi connectivity index (χ1v) is 11.1. The second-order valence-corrected chi connectivity index (χ2v) is 8.80. The summed E-state index contributed by atoms with van der Waals surface area (Å²) in [4.78, 5) is 4.22. The SMILES string of the molecule is COc1ccc2c(c1)C(CCn1ccnc1)=C(C)/C2=C/c1ccc(S(N)(=O)=O)cc1. The Morgan fingerprint density at radius 3 is 2.53 bits per heavy atom. The molecule has 1 aliphatic carbocycles. The van der Waals surface area contributed by atoms with Gasteiger partial charge in [-0.15, -0.1) is 0 Å². The summed E-state index contributed by atoms with van der Waals surface area (Å²) in [6.07, 6.45) is 8.51. The Hall–Kier alpha value is -3.16. The van der Waals surface area contributed by atoms with Gasteiger partial charge in [-0.05, 0) is 77.1 Å². The summed E-state index contributed by atoms with van der Waals surface area (Å²) in [6, 6.07) is 12.7. The average molecular weight is 422 g/mol. The Morgan fingerprint density at radius 2 is 1.90 bits per heavy atom. The van der Waals surface area contributed by atoms with E-state index in [9.17, 15) is 8.42 Å². The monoisotopic (exact) mass is 421 g/mol. The molecule has 0 atom stereocenters. The topological polar surface area (TPSA) is 87.2 Å². The van der Waals surface area contributed by atoms with Crippen molar-refractivity contribution in [2.24, 2.45) is 5.14 Å². The first kappa shape index (κ1) is 20.1. The molecule has 0 saturated carbocycles. The minimum atomic E-state index is -3.70. The van der Waals surface area contributed by atoms with Crippen LogP contribution in [0.4, 0.5) is 0 Å². The number of aromatic nitrogens is 2. The van der Waals surface area contributed by atoms with Crippen LogP contribution in [0, 0.1) is 0 Å². The molecular weight excluding hydrogens is 398 g/mol. The number of nitrogens with zero attached hydrogens (tertiary/aromatic N) is 2. The van der Waals surface area contributed by atoms with Crippen LogP contribution in [0.3, 0.4) is 0 Å². The number of nitrogens with two attached hydrogens (primary N) is 1. The van der Waals surface area contributed by atoms with Crippen molar-refractivity contribution in [1.29, 1.82) is 0 Å². The molecule has 0 radical (unpaired) electrons. The third-order valence-corrected chi connectivity index (χ3v) is 6.33. The highest BCUT2D eigenvalue weighted by Gasteiger charge is 2.24. The van der Waals surface area contributed by atoms with Crippen LogP contribution in [0.25, 0.3) is 17.2 Å². The normalized spacial score (nSPS) is 15.0.